The Labute approximate surface area is 151 Å². The van der Waals surface area contributed by atoms with Crippen LogP contribution in [0.1, 0.15) is 41.8 Å². The van der Waals surface area contributed by atoms with Gasteiger partial charge in [-0.1, -0.05) is 40.6 Å². The Kier molecular flexibility index (Phi) is 4.28. The largest absolute Gasteiger partial charge is 0.361 e. The lowest BCUT2D eigenvalue weighted by Crippen LogP contribution is -2.32. The number of amides is 1. The summed E-state index contributed by atoms with van der Waals surface area (Å²) in [6.45, 7) is 4.37. The van der Waals surface area contributed by atoms with E-state index >= 15 is 0 Å². The van der Waals surface area contributed by atoms with E-state index in [0.29, 0.717) is 24.0 Å². The Morgan fingerprint density at radius 2 is 2.00 bits per heavy atom. The van der Waals surface area contributed by atoms with Gasteiger partial charge < -0.3 is 13.9 Å². The molecule has 1 fully saturated rings. The maximum absolute atomic E-state index is 12.8. The Bertz CT molecular complexity index is 897. The van der Waals surface area contributed by atoms with Crippen LogP contribution in [-0.4, -0.2) is 32.6 Å². The van der Waals surface area contributed by atoms with Crippen molar-refractivity contribution in [2.45, 2.75) is 39.2 Å². The number of nitrogens with zero attached hydrogens (tertiary/aromatic N) is 4. The Morgan fingerprint density at radius 3 is 2.73 bits per heavy atom. The van der Waals surface area contributed by atoms with Crippen molar-refractivity contribution in [1.29, 1.82) is 0 Å². The molecule has 7 nitrogen and oxygen atoms in total. The van der Waals surface area contributed by atoms with Gasteiger partial charge in [0.1, 0.15) is 11.8 Å². The molecule has 3 aromatic rings. The number of carbonyl (C=O) groups is 1. The quantitative estimate of drug-likeness (QED) is 0.716. The molecule has 134 valence electrons. The van der Waals surface area contributed by atoms with Gasteiger partial charge in [0.15, 0.2) is 0 Å². The molecule has 1 amide bonds. The molecule has 26 heavy (non-hydrogen) atoms. The van der Waals surface area contributed by atoms with Crippen LogP contribution in [0.4, 0.5) is 0 Å². The molecule has 1 aliphatic heterocycles. The fourth-order valence-electron chi connectivity index (χ4n) is 3.40. The van der Waals surface area contributed by atoms with Gasteiger partial charge in [0.25, 0.3) is 0 Å². The van der Waals surface area contributed by atoms with E-state index in [2.05, 4.69) is 15.3 Å². The van der Waals surface area contributed by atoms with Crippen LogP contribution in [0.2, 0.25) is 0 Å². The molecule has 1 aliphatic rings. The average Bonchev–Trinajstić information content (AvgIpc) is 3.38. The minimum absolute atomic E-state index is 0.0290. The van der Waals surface area contributed by atoms with Gasteiger partial charge in [0.05, 0.1) is 12.1 Å². The van der Waals surface area contributed by atoms with Crippen LogP contribution >= 0.6 is 0 Å². The first-order valence-corrected chi connectivity index (χ1v) is 8.73. The third-order valence-corrected chi connectivity index (χ3v) is 4.84. The van der Waals surface area contributed by atoms with E-state index in [0.717, 1.165) is 29.7 Å². The summed E-state index contributed by atoms with van der Waals surface area (Å²) in [4.78, 5) is 19.2. The summed E-state index contributed by atoms with van der Waals surface area (Å²) in [6.07, 6.45) is 2.02. The summed E-state index contributed by atoms with van der Waals surface area (Å²) in [5, 5.41) is 8.00. The third-order valence-electron chi connectivity index (χ3n) is 4.84. The fraction of sp³-hybridized carbons (Fsp3) is 0.368. The predicted molar refractivity (Wildman–Crippen MR) is 93.1 cm³/mol. The SMILES string of the molecule is Cc1noc(C)c1CC(=O)N1CCC[C@@H]1c1nc(-c2ccccc2)no1. The predicted octanol–water partition coefficient (Wildman–Crippen LogP) is 3.25. The van der Waals surface area contributed by atoms with Crippen LogP contribution in [0.15, 0.2) is 39.4 Å². The molecule has 0 N–H and O–H groups in total. The van der Waals surface area contributed by atoms with Gasteiger partial charge >= 0.3 is 0 Å². The maximum Gasteiger partial charge on any atom is 0.249 e. The van der Waals surface area contributed by atoms with Crippen molar-refractivity contribution in [3.05, 3.63) is 53.2 Å². The number of likely N-dealkylation sites (tertiary alicyclic amines) is 1. The summed E-state index contributed by atoms with van der Waals surface area (Å²) in [6, 6.07) is 9.50. The number of hydrogen-bond acceptors (Lipinski definition) is 6. The van der Waals surface area contributed by atoms with Crippen molar-refractivity contribution in [2.24, 2.45) is 0 Å². The molecule has 1 atom stereocenters. The summed E-state index contributed by atoms with van der Waals surface area (Å²) >= 11 is 0. The van der Waals surface area contributed by atoms with Crippen LogP contribution in [0.3, 0.4) is 0 Å². The molecule has 1 aromatic carbocycles. The highest BCUT2D eigenvalue weighted by molar-refractivity contribution is 5.80. The summed E-state index contributed by atoms with van der Waals surface area (Å²) in [5.74, 6) is 1.76. The van der Waals surface area contributed by atoms with Crippen molar-refractivity contribution < 1.29 is 13.8 Å². The van der Waals surface area contributed by atoms with Gasteiger partial charge in [-0.25, -0.2) is 0 Å². The van der Waals surface area contributed by atoms with Gasteiger partial charge in [-0.05, 0) is 26.7 Å². The number of rotatable bonds is 4. The van der Waals surface area contributed by atoms with Gasteiger partial charge in [0, 0.05) is 17.7 Å². The third kappa shape index (κ3) is 3.00. The standard InChI is InChI=1S/C19H20N4O3/c1-12-15(13(2)25-21-12)11-17(24)23-10-6-9-16(23)19-20-18(22-26-19)14-7-4-3-5-8-14/h3-5,7-8,16H,6,9-11H2,1-2H3/t16-/m1/s1. The Balaban J connectivity index is 1.53. The van der Waals surface area contributed by atoms with Crippen molar-refractivity contribution in [3.63, 3.8) is 0 Å². The molecule has 0 bridgehead atoms. The molecule has 1 saturated heterocycles. The molecule has 0 unspecified atom stereocenters. The van der Waals surface area contributed by atoms with Crippen molar-refractivity contribution in [3.8, 4) is 11.4 Å². The summed E-state index contributed by atoms with van der Waals surface area (Å²) < 4.78 is 10.6. The van der Waals surface area contributed by atoms with Crippen LogP contribution in [0.25, 0.3) is 11.4 Å². The normalized spacial score (nSPS) is 17.0. The summed E-state index contributed by atoms with van der Waals surface area (Å²) in [7, 11) is 0. The van der Waals surface area contributed by atoms with Gasteiger partial charge in [-0.3, -0.25) is 4.79 Å². The molecule has 0 aliphatic carbocycles. The molecular weight excluding hydrogens is 332 g/mol. The lowest BCUT2D eigenvalue weighted by molar-refractivity contribution is -0.131. The number of benzene rings is 1. The minimum Gasteiger partial charge on any atom is -0.361 e. The Hall–Kier alpha value is -2.96. The molecule has 0 saturated carbocycles. The second-order valence-corrected chi connectivity index (χ2v) is 6.55. The molecule has 4 rings (SSSR count). The second kappa shape index (κ2) is 6.74. The van der Waals surface area contributed by atoms with Crippen LogP contribution in [0, 0.1) is 13.8 Å². The van der Waals surface area contributed by atoms with Crippen LogP contribution < -0.4 is 0 Å². The number of carbonyl (C=O) groups excluding carboxylic acids is 1. The first kappa shape index (κ1) is 16.5. The minimum atomic E-state index is -0.173. The maximum atomic E-state index is 12.8. The van der Waals surface area contributed by atoms with Crippen molar-refractivity contribution >= 4 is 5.91 Å². The lowest BCUT2D eigenvalue weighted by Gasteiger charge is -2.21. The average molecular weight is 352 g/mol. The van der Waals surface area contributed by atoms with Crippen molar-refractivity contribution in [2.75, 3.05) is 6.54 Å². The van der Waals surface area contributed by atoms with Crippen molar-refractivity contribution in [1.82, 2.24) is 20.2 Å². The Morgan fingerprint density at radius 1 is 1.19 bits per heavy atom. The molecule has 7 heteroatoms. The van der Waals surface area contributed by atoms with Gasteiger partial charge in [-0.2, -0.15) is 4.98 Å². The first-order valence-electron chi connectivity index (χ1n) is 8.73. The highest BCUT2D eigenvalue weighted by Gasteiger charge is 2.34. The summed E-state index contributed by atoms with van der Waals surface area (Å²) in [5.41, 5.74) is 2.51. The number of aryl methyl sites for hydroxylation is 2. The smallest absolute Gasteiger partial charge is 0.249 e. The van der Waals surface area contributed by atoms with E-state index in [1.165, 1.54) is 0 Å². The van der Waals surface area contributed by atoms with Gasteiger partial charge in [0.2, 0.25) is 17.6 Å². The second-order valence-electron chi connectivity index (χ2n) is 6.55. The zero-order valence-corrected chi connectivity index (χ0v) is 14.8. The number of aromatic nitrogens is 3. The zero-order chi connectivity index (χ0) is 18.1. The molecule has 0 radical (unpaired) electrons. The number of hydrogen-bond donors (Lipinski definition) is 0. The van der Waals surface area contributed by atoms with Crippen LogP contribution in [0.5, 0.6) is 0 Å². The molecular formula is C19H20N4O3. The fourth-order valence-corrected chi connectivity index (χ4v) is 3.40. The van der Waals surface area contributed by atoms with E-state index in [9.17, 15) is 4.79 Å². The topological polar surface area (TPSA) is 85.3 Å². The molecule has 2 aromatic heterocycles. The van der Waals surface area contributed by atoms with E-state index in [1.54, 1.807) is 0 Å². The molecule has 3 heterocycles. The van der Waals surface area contributed by atoms with Crippen LogP contribution in [-0.2, 0) is 11.2 Å². The van der Waals surface area contributed by atoms with Gasteiger partial charge in [-0.15, -0.1) is 0 Å². The molecule has 0 spiro atoms. The van der Waals surface area contributed by atoms with E-state index in [1.807, 2.05) is 49.1 Å². The monoisotopic (exact) mass is 352 g/mol. The first-order chi connectivity index (χ1) is 12.6. The lowest BCUT2D eigenvalue weighted by atomic mass is 10.1. The van der Waals surface area contributed by atoms with E-state index in [-0.39, 0.29) is 18.4 Å². The highest BCUT2D eigenvalue weighted by atomic mass is 16.5. The van der Waals surface area contributed by atoms with E-state index < -0.39 is 0 Å². The zero-order valence-electron chi connectivity index (χ0n) is 14.8. The highest BCUT2D eigenvalue weighted by Crippen LogP contribution is 2.32. The van der Waals surface area contributed by atoms with E-state index in [4.69, 9.17) is 9.05 Å².